The maximum absolute atomic E-state index is 13.4. The Morgan fingerprint density at radius 1 is 0.971 bits per heavy atom. The van der Waals surface area contributed by atoms with Crippen LogP contribution in [0.25, 0.3) is 10.9 Å². The van der Waals surface area contributed by atoms with Gasteiger partial charge in [0.25, 0.3) is 5.56 Å². The molecule has 0 spiro atoms. The first-order valence-electron chi connectivity index (χ1n) is 11.2. The summed E-state index contributed by atoms with van der Waals surface area (Å²) in [4.78, 5) is 39.7. The van der Waals surface area contributed by atoms with E-state index in [4.69, 9.17) is 0 Å². The van der Waals surface area contributed by atoms with Gasteiger partial charge in [0, 0.05) is 27.2 Å². The first kappa shape index (κ1) is 23.9. The van der Waals surface area contributed by atoms with Crippen LogP contribution in [0.4, 0.5) is 0 Å². The maximum atomic E-state index is 13.4. The third-order valence-corrected chi connectivity index (χ3v) is 7.76. The number of hydrogen-bond donors (Lipinski definition) is 1. The molecule has 1 amide bonds. The number of nitrogens with one attached hydrogen (secondary N) is 1. The highest BCUT2D eigenvalue weighted by atomic mass is 32.2. The Morgan fingerprint density at radius 3 is 2.32 bits per heavy atom. The monoisotopic (exact) mass is 484 g/mol. The molecule has 4 rings (SSSR count). The van der Waals surface area contributed by atoms with Crippen LogP contribution in [0, 0.1) is 0 Å². The fraction of sp³-hybridized carbons (Fsp3) is 0.375. The topological polar surface area (TPSA) is 110 Å². The SMILES string of the molecule is Cn1c(=O)c2cc(S(=O)(=O)N[C@@H](Cc3ccccc3)C(=O)N3CCCCC3)ccc2n(C)c1=O. The van der Waals surface area contributed by atoms with Gasteiger partial charge < -0.3 is 4.90 Å². The van der Waals surface area contributed by atoms with Gasteiger partial charge in [0.1, 0.15) is 6.04 Å². The molecule has 2 heterocycles. The number of fused-ring (bicyclic) bond motifs is 1. The largest absolute Gasteiger partial charge is 0.341 e. The summed E-state index contributed by atoms with van der Waals surface area (Å²) in [5.41, 5.74) is 0.0851. The minimum atomic E-state index is -4.14. The van der Waals surface area contributed by atoms with Crippen LogP contribution in [0.1, 0.15) is 24.8 Å². The van der Waals surface area contributed by atoms with E-state index in [0.717, 1.165) is 29.4 Å². The Balaban J connectivity index is 1.71. The summed E-state index contributed by atoms with van der Waals surface area (Å²) in [6.07, 6.45) is 3.04. The van der Waals surface area contributed by atoms with Crippen LogP contribution in [0.3, 0.4) is 0 Å². The molecule has 0 aliphatic carbocycles. The third-order valence-electron chi connectivity index (χ3n) is 6.29. The Bertz CT molecular complexity index is 1440. The zero-order valence-corrected chi connectivity index (χ0v) is 20.0. The summed E-state index contributed by atoms with van der Waals surface area (Å²) in [6.45, 7) is 1.21. The van der Waals surface area contributed by atoms with Gasteiger partial charge in [-0.05, 0) is 49.4 Å². The second-order valence-corrected chi connectivity index (χ2v) is 10.3. The molecule has 34 heavy (non-hydrogen) atoms. The first-order chi connectivity index (χ1) is 16.2. The number of carbonyl (C=O) groups is 1. The second-order valence-electron chi connectivity index (χ2n) is 8.63. The molecule has 1 N–H and O–H groups in total. The molecule has 1 aliphatic rings. The minimum absolute atomic E-state index is 0.106. The van der Waals surface area contributed by atoms with E-state index in [1.54, 1.807) is 4.90 Å². The molecule has 1 aliphatic heterocycles. The van der Waals surface area contributed by atoms with E-state index in [-0.39, 0.29) is 22.6 Å². The normalized spacial score (nSPS) is 15.4. The van der Waals surface area contributed by atoms with Crippen molar-refractivity contribution < 1.29 is 13.2 Å². The zero-order chi connectivity index (χ0) is 24.5. The van der Waals surface area contributed by atoms with Crippen LogP contribution in [0.15, 0.2) is 63.0 Å². The number of nitrogens with zero attached hydrogens (tertiary/aromatic N) is 3. The van der Waals surface area contributed by atoms with Crippen molar-refractivity contribution in [3.8, 4) is 0 Å². The number of amides is 1. The predicted molar refractivity (Wildman–Crippen MR) is 129 cm³/mol. The third kappa shape index (κ3) is 4.69. The van der Waals surface area contributed by atoms with Crippen LogP contribution in [0.2, 0.25) is 0 Å². The van der Waals surface area contributed by atoms with Crippen molar-refractivity contribution in [3.05, 3.63) is 74.9 Å². The molecule has 0 radical (unpaired) electrons. The molecule has 180 valence electrons. The van der Waals surface area contributed by atoms with Crippen molar-refractivity contribution in [3.63, 3.8) is 0 Å². The molecule has 0 bridgehead atoms. The van der Waals surface area contributed by atoms with Gasteiger partial charge >= 0.3 is 5.69 Å². The van der Waals surface area contributed by atoms with Gasteiger partial charge in [0.2, 0.25) is 15.9 Å². The summed E-state index contributed by atoms with van der Waals surface area (Å²) in [5, 5.41) is 0.106. The summed E-state index contributed by atoms with van der Waals surface area (Å²) in [7, 11) is -1.28. The lowest BCUT2D eigenvalue weighted by atomic mass is 10.0. The molecule has 10 heteroatoms. The maximum Gasteiger partial charge on any atom is 0.330 e. The molecule has 1 fully saturated rings. The summed E-state index contributed by atoms with van der Waals surface area (Å²) in [6, 6.07) is 12.3. The van der Waals surface area contributed by atoms with E-state index >= 15 is 0 Å². The van der Waals surface area contributed by atoms with E-state index in [2.05, 4.69) is 4.72 Å². The first-order valence-corrected chi connectivity index (χ1v) is 12.7. The molecule has 0 unspecified atom stereocenters. The van der Waals surface area contributed by atoms with Gasteiger partial charge in [0.15, 0.2) is 0 Å². The summed E-state index contributed by atoms with van der Waals surface area (Å²) in [5.74, 6) is -0.258. The molecule has 1 saturated heterocycles. The van der Waals surface area contributed by atoms with Gasteiger partial charge in [-0.25, -0.2) is 13.2 Å². The van der Waals surface area contributed by atoms with Crippen LogP contribution >= 0.6 is 0 Å². The summed E-state index contributed by atoms with van der Waals surface area (Å²) < 4.78 is 31.5. The van der Waals surface area contributed by atoms with Gasteiger partial charge in [-0.1, -0.05) is 30.3 Å². The standard InChI is InChI=1S/C24H28N4O5S/c1-26-21-12-11-18(16-19(21)22(29)27(2)24(26)31)34(32,33)25-20(15-17-9-5-3-6-10-17)23(30)28-13-7-4-8-14-28/h3,5-6,9-12,16,20,25H,4,7-8,13-15H2,1-2H3/t20-/m0/s1. The molecule has 0 saturated carbocycles. The number of aryl methyl sites for hydroxylation is 1. The smallest absolute Gasteiger partial charge is 0.330 e. The van der Waals surface area contributed by atoms with Gasteiger partial charge in [0.05, 0.1) is 15.8 Å². The zero-order valence-electron chi connectivity index (χ0n) is 19.2. The molecule has 1 aromatic heterocycles. The highest BCUT2D eigenvalue weighted by molar-refractivity contribution is 7.89. The summed E-state index contributed by atoms with van der Waals surface area (Å²) >= 11 is 0. The van der Waals surface area contributed by atoms with Crippen molar-refractivity contribution in [1.82, 2.24) is 18.8 Å². The number of carbonyl (C=O) groups excluding carboxylic acids is 1. The van der Waals surface area contributed by atoms with Crippen molar-refractivity contribution in [2.24, 2.45) is 14.1 Å². The quantitative estimate of drug-likeness (QED) is 0.564. The number of sulfonamides is 1. The molecular weight excluding hydrogens is 456 g/mol. The fourth-order valence-electron chi connectivity index (χ4n) is 4.36. The van der Waals surface area contributed by atoms with Crippen LogP contribution in [0.5, 0.6) is 0 Å². The second kappa shape index (κ2) is 9.55. The molecule has 3 aromatic rings. The predicted octanol–water partition coefficient (Wildman–Crippen LogP) is 1.14. The number of piperidine rings is 1. The van der Waals surface area contributed by atoms with Crippen molar-refractivity contribution in [2.45, 2.75) is 36.6 Å². The highest BCUT2D eigenvalue weighted by Crippen LogP contribution is 2.18. The van der Waals surface area contributed by atoms with Crippen molar-refractivity contribution in [1.29, 1.82) is 0 Å². The van der Waals surface area contributed by atoms with Crippen molar-refractivity contribution >= 4 is 26.8 Å². The number of hydrogen-bond acceptors (Lipinski definition) is 5. The molecule has 1 atom stereocenters. The van der Waals surface area contributed by atoms with Gasteiger partial charge in [-0.3, -0.25) is 18.7 Å². The van der Waals surface area contributed by atoms with Crippen LogP contribution in [-0.4, -0.2) is 47.5 Å². The Labute approximate surface area is 197 Å². The number of aromatic nitrogens is 2. The molecule has 9 nitrogen and oxygen atoms in total. The van der Waals surface area contributed by atoms with E-state index in [1.165, 1.54) is 36.9 Å². The van der Waals surface area contributed by atoms with Crippen LogP contribution < -0.4 is 16.0 Å². The Hall–Kier alpha value is -3.24. The van der Waals surface area contributed by atoms with Gasteiger partial charge in [-0.15, -0.1) is 0 Å². The highest BCUT2D eigenvalue weighted by Gasteiger charge is 2.30. The average molecular weight is 485 g/mol. The van der Waals surface area contributed by atoms with Crippen LogP contribution in [-0.2, 0) is 35.3 Å². The van der Waals surface area contributed by atoms with Gasteiger partial charge in [-0.2, -0.15) is 4.72 Å². The average Bonchev–Trinajstić information content (AvgIpc) is 2.86. The van der Waals surface area contributed by atoms with E-state index < -0.39 is 27.3 Å². The van der Waals surface area contributed by atoms with Crippen molar-refractivity contribution in [2.75, 3.05) is 13.1 Å². The van der Waals surface area contributed by atoms with E-state index in [0.29, 0.717) is 18.6 Å². The molecule has 2 aromatic carbocycles. The minimum Gasteiger partial charge on any atom is -0.341 e. The van der Waals surface area contributed by atoms with E-state index in [9.17, 15) is 22.8 Å². The number of likely N-dealkylation sites (tertiary alicyclic amines) is 1. The van der Waals surface area contributed by atoms with E-state index in [1.807, 2.05) is 30.3 Å². The number of rotatable bonds is 6. The Kier molecular flexibility index (Phi) is 6.72. The fourth-order valence-corrected chi connectivity index (χ4v) is 5.58. The lowest BCUT2D eigenvalue weighted by Crippen LogP contribution is -2.51. The lowest BCUT2D eigenvalue weighted by molar-refractivity contribution is -0.133. The number of benzene rings is 2. The molecular formula is C24H28N4O5S. The Morgan fingerprint density at radius 2 is 1.65 bits per heavy atom. The lowest BCUT2D eigenvalue weighted by Gasteiger charge is -2.30.